The zero-order chi connectivity index (χ0) is 17.7. The van der Waals surface area contributed by atoms with E-state index in [1.165, 1.54) is 25.3 Å². The van der Waals surface area contributed by atoms with Crippen molar-refractivity contribution in [3.05, 3.63) is 47.9 Å². The Morgan fingerprint density at radius 3 is 2.54 bits per heavy atom. The molecule has 1 heterocycles. The summed E-state index contributed by atoms with van der Waals surface area (Å²) in [5, 5.41) is 3.18. The molecular formula is C17H22FN3O2S. The number of halogens is 1. The number of hydrogen-bond donors (Lipinski definition) is 2. The van der Waals surface area contributed by atoms with Crippen molar-refractivity contribution in [1.82, 2.24) is 4.98 Å². The molecule has 1 aromatic heterocycles. The monoisotopic (exact) mass is 351 g/mol. The summed E-state index contributed by atoms with van der Waals surface area (Å²) in [4.78, 5) is 4.20. The first-order valence-corrected chi connectivity index (χ1v) is 9.25. The number of sulfonamides is 1. The standard InChI is InChI=1S/C17H22FN3O2S/c1-12(2)8-9-19-17-7-4-14(11-20-17)21-24(22,23)15-5-6-16(18)13(3)10-15/h4-7,10-12,21H,8-9H2,1-3H3,(H,19,20). The minimum Gasteiger partial charge on any atom is -0.370 e. The van der Waals surface area contributed by atoms with Gasteiger partial charge in [-0.1, -0.05) is 13.8 Å². The highest BCUT2D eigenvalue weighted by molar-refractivity contribution is 7.92. The maximum Gasteiger partial charge on any atom is 0.261 e. The zero-order valence-corrected chi connectivity index (χ0v) is 14.8. The molecule has 1 aromatic carbocycles. The van der Waals surface area contributed by atoms with Crippen LogP contribution in [0.3, 0.4) is 0 Å². The lowest BCUT2D eigenvalue weighted by molar-refractivity contribution is 0.598. The molecule has 0 aliphatic carbocycles. The van der Waals surface area contributed by atoms with E-state index in [-0.39, 0.29) is 10.5 Å². The number of anilines is 2. The van der Waals surface area contributed by atoms with Crippen LogP contribution in [-0.4, -0.2) is 19.9 Å². The second-order valence-electron chi connectivity index (χ2n) is 6.06. The SMILES string of the molecule is Cc1cc(S(=O)(=O)Nc2ccc(NCCC(C)C)nc2)ccc1F. The van der Waals surface area contributed by atoms with Crippen LogP contribution in [0.25, 0.3) is 0 Å². The fourth-order valence-corrected chi connectivity index (χ4v) is 3.17. The van der Waals surface area contributed by atoms with Gasteiger partial charge in [-0.3, -0.25) is 4.72 Å². The molecule has 0 saturated carbocycles. The van der Waals surface area contributed by atoms with Crippen molar-refractivity contribution in [3.8, 4) is 0 Å². The highest BCUT2D eigenvalue weighted by atomic mass is 32.2. The van der Waals surface area contributed by atoms with Gasteiger partial charge in [0.25, 0.3) is 10.0 Å². The maximum absolute atomic E-state index is 13.3. The molecule has 0 aliphatic heterocycles. The van der Waals surface area contributed by atoms with E-state index in [2.05, 4.69) is 28.9 Å². The topological polar surface area (TPSA) is 71.1 Å². The van der Waals surface area contributed by atoms with Crippen LogP contribution in [0.4, 0.5) is 15.9 Å². The Morgan fingerprint density at radius 2 is 1.96 bits per heavy atom. The van der Waals surface area contributed by atoms with Crippen molar-refractivity contribution < 1.29 is 12.8 Å². The van der Waals surface area contributed by atoms with Gasteiger partial charge in [-0.2, -0.15) is 0 Å². The fraction of sp³-hybridized carbons (Fsp3) is 0.353. The van der Waals surface area contributed by atoms with Crippen LogP contribution in [-0.2, 0) is 10.0 Å². The molecule has 5 nitrogen and oxygen atoms in total. The van der Waals surface area contributed by atoms with Crippen molar-refractivity contribution in [3.63, 3.8) is 0 Å². The lowest BCUT2D eigenvalue weighted by Crippen LogP contribution is -2.13. The summed E-state index contributed by atoms with van der Waals surface area (Å²) in [6, 6.07) is 7.03. The minimum absolute atomic E-state index is 0.0144. The first-order valence-electron chi connectivity index (χ1n) is 7.77. The predicted molar refractivity (Wildman–Crippen MR) is 94.1 cm³/mol. The molecular weight excluding hydrogens is 329 g/mol. The van der Waals surface area contributed by atoms with E-state index in [4.69, 9.17) is 0 Å². The quantitative estimate of drug-likeness (QED) is 0.796. The van der Waals surface area contributed by atoms with Crippen molar-refractivity contribution in [2.75, 3.05) is 16.6 Å². The summed E-state index contributed by atoms with van der Waals surface area (Å²) in [6.45, 7) is 6.62. The van der Waals surface area contributed by atoms with E-state index in [0.29, 0.717) is 17.4 Å². The largest absolute Gasteiger partial charge is 0.370 e. The second kappa shape index (κ2) is 7.61. The molecule has 2 rings (SSSR count). The molecule has 2 aromatic rings. The van der Waals surface area contributed by atoms with Crippen LogP contribution in [0.5, 0.6) is 0 Å². The third kappa shape index (κ3) is 4.92. The number of aromatic nitrogens is 1. The van der Waals surface area contributed by atoms with E-state index in [1.807, 2.05) is 0 Å². The highest BCUT2D eigenvalue weighted by Crippen LogP contribution is 2.19. The van der Waals surface area contributed by atoms with Crippen LogP contribution < -0.4 is 10.0 Å². The third-order valence-electron chi connectivity index (χ3n) is 3.48. The van der Waals surface area contributed by atoms with E-state index >= 15 is 0 Å². The first-order chi connectivity index (χ1) is 11.3. The van der Waals surface area contributed by atoms with Crippen LogP contribution in [0.2, 0.25) is 0 Å². The van der Waals surface area contributed by atoms with Gasteiger partial charge in [-0.05, 0) is 55.2 Å². The summed E-state index contributed by atoms with van der Waals surface area (Å²) in [6.07, 6.45) is 2.48. The van der Waals surface area contributed by atoms with E-state index in [9.17, 15) is 12.8 Å². The molecule has 7 heteroatoms. The van der Waals surface area contributed by atoms with E-state index in [0.717, 1.165) is 19.0 Å². The van der Waals surface area contributed by atoms with Gasteiger partial charge in [0.15, 0.2) is 0 Å². The average Bonchev–Trinajstić information content (AvgIpc) is 2.51. The minimum atomic E-state index is -3.77. The van der Waals surface area contributed by atoms with Gasteiger partial charge >= 0.3 is 0 Å². The summed E-state index contributed by atoms with van der Waals surface area (Å²) < 4.78 is 40.4. The zero-order valence-electron chi connectivity index (χ0n) is 14.0. The number of aryl methyl sites for hydroxylation is 1. The Bertz CT molecular complexity index is 790. The van der Waals surface area contributed by atoms with Gasteiger partial charge in [0.05, 0.1) is 16.8 Å². The maximum atomic E-state index is 13.3. The summed E-state index contributed by atoms with van der Waals surface area (Å²) >= 11 is 0. The Balaban J connectivity index is 2.05. The normalized spacial score (nSPS) is 11.5. The molecule has 0 amide bonds. The molecule has 0 spiro atoms. The molecule has 24 heavy (non-hydrogen) atoms. The summed E-state index contributed by atoms with van der Waals surface area (Å²) in [7, 11) is -3.77. The number of rotatable bonds is 7. The fourth-order valence-electron chi connectivity index (χ4n) is 2.05. The number of benzene rings is 1. The molecule has 0 unspecified atom stereocenters. The van der Waals surface area contributed by atoms with Gasteiger partial charge in [0, 0.05) is 6.54 Å². The molecule has 2 N–H and O–H groups in total. The smallest absolute Gasteiger partial charge is 0.261 e. The molecule has 0 saturated heterocycles. The third-order valence-corrected chi connectivity index (χ3v) is 4.86. The highest BCUT2D eigenvalue weighted by Gasteiger charge is 2.15. The van der Waals surface area contributed by atoms with Crippen LogP contribution >= 0.6 is 0 Å². The second-order valence-corrected chi connectivity index (χ2v) is 7.74. The van der Waals surface area contributed by atoms with Gasteiger partial charge < -0.3 is 5.32 Å². The molecule has 0 fully saturated rings. The Labute approximate surface area is 142 Å². The number of pyridine rings is 1. The summed E-state index contributed by atoms with van der Waals surface area (Å²) in [5.74, 6) is 0.853. The number of hydrogen-bond acceptors (Lipinski definition) is 4. The van der Waals surface area contributed by atoms with Crippen molar-refractivity contribution in [2.24, 2.45) is 5.92 Å². The lowest BCUT2D eigenvalue weighted by atomic mass is 10.1. The van der Waals surface area contributed by atoms with Crippen LogP contribution in [0.15, 0.2) is 41.4 Å². The molecule has 130 valence electrons. The Kier molecular flexibility index (Phi) is 5.77. The number of nitrogens with one attached hydrogen (secondary N) is 2. The van der Waals surface area contributed by atoms with Crippen molar-refractivity contribution in [2.45, 2.75) is 32.1 Å². The van der Waals surface area contributed by atoms with Crippen molar-refractivity contribution >= 4 is 21.5 Å². The van der Waals surface area contributed by atoms with Gasteiger partial charge in [0.1, 0.15) is 11.6 Å². The van der Waals surface area contributed by atoms with Gasteiger partial charge in [-0.25, -0.2) is 17.8 Å². The summed E-state index contributed by atoms with van der Waals surface area (Å²) in [5.41, 5.74) is 0.632. The average molecular weight is 351 g/mol. The van der Waals surface area contributed by atoms with Crippen LogP contribution in [0.1, 0.15) is 25.8 Å². The van der Waals surface area contributed by atoms with Crippen molar-refractivity contribution in [1.29, 1.82) is 0 Å². The van der Waals surface area contributed by atoms with E-state index in [1.54, 1.807) is 12.1 Å². The van der Waals surface area contributed by atoms with Crippen LogP contribution in [0, 0.1) is 18.7 Å². The lowest BCUT2D eigenvalue weighted by Gasteiger charge is -2.10. The predicted octanol–water partition coefficient (Wildman–Crippen LogP) is 3.79. The molecule has 0 atom stereocenters. The van der Waals surface area contributed by atoms with E-state index < -0.39 is 15.8 Å². The Hall–Kier alpha value is -2.15. The first kappa shape index (κ1) is 18.2. The molecule has 0 bridgehead atoms. The number of nitrogens with zero attached hydrogens (tertiary/aromatic N) is 1. The Morgan fingerprint density at radius 1 is 1.21 bits per heavy atom. The molecule has 0 radical (unpaired) electrons. The van der Waals surface area contributed by atoms with Gasteiger partial charge in [0.2, 0.25) is 0 Å². The molecule has 0 aliphatic rings. The van der Waals surface area contributed by atoms with Gasteiger partial charge in [-0.15, -0.1) is 0 Å².